The summed E-state index contributed by atoms with van der Waals surface area (Å²) >= 11 is 0. The number of halogens is 2. The summed E-state index contributed by atoms with van der Waals surface area (Å²) in [5.41, 5.74) is 0.547. The average Bonchev–Trinajstić information content (AvgIpc) is 2.25. The van der Waals surface area contributed by atoms with E-state index in [-0.39, 0.29) is 18.6 Å². The third kappa shape index (κ3) is 3.49. The summed E-state index contributed by atoms with van der Waals surface area (Å²) in [4.78, 5) is 10.7. The fraction of sp³-hybridized carbons (Fsp3) is 0.417. The minimum absolute atomic E-state index is 0.0460. The molecule has 3 nitrogen and oxygen atoms in total. The first-order chi connectivity index (χ1) is 7.95. The molecular weight excluding hydrogens is 230 g/mol. The number of hydrogen-bond donors (Lipinski definition) is 1. The van der Waals surface area contributed by atoms with E-state index in [2.05, 4.69) is 0 Å². The van der Waals surface area contributed by atoms with Crippen LogP contribution in [0, 0.1) is 17.6 Å². The molecule has 94 valence electrons. The van der Waals surface area contributed by atoms with Gasteiger partial charge >= 0.3 is 5.97 Å². The molecule has 0 aliphatic rings. The van der Waals surface area contributed by atoms with E-state index in [0.29, 0.717) is 5.56 Å². The van der Waals surface area contributed by atoms with Crippen LogP contribution in [0.4, 0.5) is 8.78 Å². The molecule has 0 bridgehead atoms. The molecular formula is C12H14F2O3. The van der Waals surface area contributed by atoms with Crippen molar-refractivity contribution in [1.29, 1.82) is 0 Å². The van der Waals surface area contributed by atoms with Crippen molar-refractivity contribution in [2.24, 2.45) is 5.92 Å². The van der Waals surface area contributed by atoms with Crippen molar-refractivity contribution in [3.63, 3.8) is 0 Å². The number of benzene rings is 1. The minimum Gasteiger partial charge on any atom is -0.481 e. The molecule has 1 aromatic carbocycles. The first-order valence-electron chi connectivity index (χ1n) is 5.14. The smallest absolute Gasteiger partial charge is 0.306 e. The predicted octanol–water partition coefficient (Wildman–Crippen LogP) is 2.37. The highest BCUT2D eigenvalue weighted by Gasteiger charge is 2.17. The maximum Gasteiger partial charge on any atom is 0.306 e. The van der Waals surface area contributed by atoms with E-state index >= 15 is 0 Å². The van der Waals surface area contributed by atoms with Gasteiger partial charge in [0.2, 0.25) is 0 Å². The lowest BCUT2D eigenvalue weighted by molar-refractivity contribution is -0.141. The van der Waals surface area contributed by atoms with Crippen molar-refractivity contribution in [1.82, 2.24) is 0 Å². The van der Waals surface area contributed by atoms with Crippen LogP contribution in [0.2, 0.25) is 0 Å². The standard InChI is InChI=1S/C12H14F2O3/c1-7(12(15)16)3-9-4-8(6-17-2)5-10(13)11(9)14/h4-5,7H,3,6H2,1-2H3,(H,15,16). The Balaban J connectivity index is 3.00. The van der Waals surface area contributed by atoms with Crippen LogP contribution in [-0.4, -0.2) is 18.2 Å². The molecule has 0 aliphatic carbocycles. The van der Waals surface area contributed by atoms with Crippen LogP contribution in [0.15, 0.2) is 12.1 Å². The maximum atomic E-state index is 13.4. The van der Waals surface area contributed by atoms with Gasteiger partial charge in [-0.25, -0.2) is 8.78 Å². The lowest BCUT2D eigenvalue weighted by atomic mass is 9.99. The topological polar surface area (TPSA) is 46.5 Å². The van der Waals surface area contributed by atoms with Crippen molar-refractivity contribution in [3.8, 4) is 0 Å². The summed E-state index contributed by atoms with van der Waals surface area (Å²) < 4.78 is 31.5. The Bertz CT molecular complexity index is 418. The van der Waals surface area contributed by atoms with Crippen LogP contribution in [0.5, 0.6) is 0 Å². The second-order valence-electron chi connectivity index (χ2n) is 3.93. The number of hydrogen-bond acceptors (Lipinski definition) is 2. The molecule has 0 radical (unpaired) electrons. The van der Waals surface area contributed by atoms with E-state index in [0.717, 1.165) is 6.07 Å². The Morgan fingerprint density at radius 1 is 1.47 bits per heavy atom. The van der Waals surface area contributed by atoms with Crippen LogP contribution >= 0.6 is 0 Å². The summed E-state index contributed by atoms with van der Waals surface area (Å²) in [6.07, 6.45) is -0.0460. The molecule has 5 heteroatoms. The summed E-state index contributed by atoms with van der Waals surface area (Å²) in [6, 6.07) is 2.48. The summed E-state index contributed by atoms with van der Waals surface area (Å²) in [5, 5.41) is 8.74. The van der Waals surface area contributed by atoms with Gasteiger partial charge in [0.15, 0.2) is 11.6 Å². The van der Waals surface area contributed by atoms with Crippen molar-refractivity contribution >= 4 is 5.97 Å². The van der Waals surface area contributed by atoms with Gasteiger partial charge in [-0.1, -0.05) is 13.0 Å². The normalized spacial score (nSPS) is 12.5. The van der Waals surface area contributed by atoms with Gasteiger partial charge in [-0.15, -0.1) is 0 Å². The molecule has 0 saturated carbocycles. The van der Waals surface area contributed by atoms with Crippen molar-refractivity contribution in [2.45, 2.75) is 20.0 Å². The number of ether oxygens (including phenoxy) is 1. The Kier molecular flexibility index (Phi) is 4.57. The zero-order valence-electron chi connectivity index (χ0n) is 9.67. The van der Waals surface area contributed by atoms with Crippen LogP contribution in [-0.2, 0) is 22.6 Å². The number of carbonyl (C=O) groups is 1. The van der Waals surface area contributed by atoms with E-state index in [1.807, 2.05) is 0 Å². The fourth-order valence-electron chi connectivity index (χ4n) is 1.52. The Morgan fingerprint density at radius 3 is 2.65 bits per heavy atom. The van der Waals surface area contributed by atoms with Gasteiger partial charge in [-0.2, -0.15) is 0 Å². The molecule has 1 rings (SSSR count). The Morgan fingerprint density at radius 2 is 2.12 bits per heavy atom. The first kappa shape index (κ1) is 13.6. The van der Waals surface area contributed by atoms with Crippen molar-refractivity contribution in [3.05, 3.63) is 34.9 Å². The SMILES string of the molecule is COCc1cc(F)c(F)c(CC(C)C(=O)O)c1. The summed E-state index contributed by atoms with van der Waals surface area (Å²) in [5.74, 6) is -3.77. The van der Waals surface area contributed by atoms with E-state index in [1.54, 1.807) is 0 Å². The van der Waals surface area contributed by atoms with Gasteiger partial charge in [0.1, 0.15) is 0 Å². The minimum atomic E-state index is -1.04. The Hall–Kier alpha value is -1.49. The molecule has 0 spiro atoms. The molecule has 1 N–H and O–H groups in total. The van der Waals surface area contributed by atoms with E-state index in [4.69, 9.17) is 9.84 Å². The molecule has 0 aromatic heterocycles. The molecule has 1 atom stereocenters. The van der Waals surface area contributed by atoms with Crippen LogP contribution in [0.25, 0.3) is 0 Å². The van der Waals surface area contributed by atoms with Gasteiger partial charge in [0.05, 0.1) is 12.5 Å². The highest BCUT2D eigenvalue weighted by Crippen LogP contribution is 2.19. The van der Waals surface area contributed by atoms with Gasteiger partial charge in [-0.3, -0.25) is 4.79 Å². The summed E-state index contributed by atoms with van der Waals surface area (Å²) in [6.45, 7) is 1.61. The number of methoxy groups -OCH3 is 1. The number of aliphatic carboxylic acids is 1. The van der Waals surface area contributed by atoms with Crippen LogP contribution in [0.1, 0.15) is 18.1 Å². The van der Waals surface area contributed by atoms with Gasteiger partial charge in [-0.05, 0) is 23.6 Å². The second kappa shape index (κ2) is 5.72. The predicted molar refractivity (Wildman–Crippen MR) is 57.6 cm³/mol. The molecule has 0 aliphatic heterocycles. The monoisotopic (exact) mass is 244 g/mol. The van der Waals surface area contributed by atoms with E-state index in [9.17, 15) is 13.6 Å². The zero-order chi connectivity index (χ0) is 13.0. The van der Waals surface area contributed by atoms with Crippen LogP contribution < -0.4 is 0 Å². The largest absolute Gasteiger partial charge is 0.481 e. The molecule has 1 aromatic rings. The highest BCUT2D eigenvalue weighted by molar-refractivity contribution is 5.69. The van der Waals surface area contributed by atoms with Gasteiger partial charge < -0.3 is 9.84 Å². The summed E-state index contributed by atoms with van der Waals surface area (Å²) in [7, 11) is 1.45. The Labute approximate surface area is 98.0 Å². The molecule has 17 heavy (non-hydrogen) atoms. The van der Waals surface area contributed by atoms with Gasteiger partial charge in [0, 0.05) is 7.11 Å². The van der Waals surface area contributed by atoms with Gasteiger partial charge in [0.25, 0.3) is 0 Å². The number of carboxylic acid groups (broad SMARTS) is 1. The number of rotatable bonds is 5. The van der Waals surface area contributed by atoms with E-state index in [1.165, 1.54) is 20.1 Å². The second-order valence-corrected chi connectivity index (χ2v) is 3.93. The lowest BCUT2D eigenvalue weighted by Gasteiger charge is -2.10. The lowest BCUT2D eigenvalue weighted by Crippen LogP contribution is -2.14. The first-order valence-corrected chi connectivity index (χ1v) is 5.14. The molecule has 0 heterocycles. The molecule has 0 amide bonds. The maximum absolute atomic E-state index is 13.4. The third-order valence-corrected chi connectivity index (χ3v) is 2.42. The van der Waals surface area contributed by atoms with E-state index < -0.39 is 23.5 Å². The van der Waals surface area contributed by atoms with Crippen molar-refractivity contribution in [2.75, 3.05) is 7.11 Å². The van der Waals surface area contributed by atoms with Crippen LogP contribution in [0.3, 0.4) is 0 Å². The average molecular weight is 244 g/mol. The molecule has 0 fully saturated rings. The third-order valence-electron chi connectivity index (χ3n) is 2.42. The van der Waals surface area contributed by atoms with Crippen molar-refractivity contribution < 1.29 is 23.4 Å². The highest BCUT2D eigenvalue weighted by atomic mass is 19.2. The number of carboxylic acids is 1. The fourth-order valence-corrected chi connectivity index (χ4v) is 1.52. The molecule has 1 unspecified atom stereocenters. The quantitative estimate of drug-likeness (QED) is 0.865. The molecule has 0 saturated heterocycles. The zero-order valence-corrected chi connectivity index (χ0v) is 9.67.